The number of aliphatic hydroxyl groups is 1. The number of hydrogen-bond acceptors (Lipinski definition) is 5. The van der Waals surface area contributed by atoms with Crippen LogP contribution in [0.4, 0.5) is 0 Å². The van der Waals surface area contributed by atoms with Crippen molar-refractivity contribution in [2.75, 3.05) is 59.1 Å². The Labute approximate surface area is 162 Å². The fourth-order valence-corrected chi connectivity index (χ4v) is 2.89. The van der Waals surface area contributed by atoms with Gasteiger partial charge < -0.3 is 25.2 Å². The summed E-state index contributed by atoms with van der Waals surface area (Å²) >= 11 is 0. The van der Waals surface area contributed by atoms with Crippen molar-refractivity contribution < 1.29 is 14.6 Å². The summed E-state index contributed by atoms with van der Waals surface area (Å²) in [6, 6.07) is 10.1. The van der Waals surface area contributed by atoms with E-state index in [0.29, 0.717) is 38.8 Å². The summed E-state index contributed by atoms with van der Waals surface area (Å²) in [5.41, 5.74) is 0.293. The van der Waals surface area contributed by atoms with Crippen LogP contribution in [0.5, 0.6) is 0 Å². The monoisotopic (exact) mass is 378 g/mol. The SMILES string of the molecule is CCNC(=NCC(C)(O)CN1CCOCC1)NCCOCc1ccccc1. The molecule has 1 aliphatic rings. The molecule has 0 amide bonds. The molecule has 1 aromatic rings. The summed E-state index contributed by atoms with van der Waals surface area (Å²) in [5, 5.41) is 17.1. The fraction of sp³-hybridized carbons (Fsp3) is 0.650. The van der Waals surface area contributed by atoms with Gasteiger partial charge in [0.25, 0.3) is 0 Å². The minimum Gasteiger partial charge on any atom is -0.387 e. The number of benzene rings is 1. The molecule has 1 saturated heterocycles. The van der Waals surface area contributed by atoms with Crippen molar-refractivity contribution in [3.8, 4) is 0 Å². The van der Waals surface area contributed by atoms with Gasteiger partial charge in [-0.15, -0.1) is 0 Å². The molecule has 2 rings (SSSR count). The zero-order valence-corrected chi connectivity index (χ0v) is 16.6. The summed E-state index contributed by atoms with van der Waals surface area (Å²) in [6.07, 6.45) is 0. The topological polar surface area (TPSA) is 78.4 Å². The molecule has 7 nitrogen and oxygen atoms in total. The number of morpholine rings is 1. The van der Waals surface area contributed by atoms with Crippen molar-refractivity contribution in [1.29, 1.82) is 0 Å². The highest BCUT2D eigenvalue weighted by Gasteiger charge is 2.25. The van der Waals surface area contributed by atoms with Gasteiger partial charge in [0.15, 0.2) is 5.96 Å². The molecule has 1 aromatic carbocycles. The highest BCUT2D eigenvalue weighted by Crippen LogP contribution is 2.09. The molecule has 0 spiro atoms. The quantitative estimate of drug-likeness (QED) is 0.318. The first-order chi connectivity index (χ1) is 13.1. The Balaban J connectivity index is 1.70. The lowest BCUT2D eigenvalue weighted by Gasteiger charge is -2.33. The van der Waals surface area contributed by atoms with E-state index in [1.165, 1.54) is 0 Å². The van der Waals surface area contributed by atoms with Gasteiger partial charge >= 0.3 is 0 Å². The number of rotatable bonds is 10. The van der Waals surface area contributed by atoms with Crippen molar-refractivity contribution in [1.82, 2.24) is 15.5 Å². The van der Waals surface area contributed by atoms with E-state index < -0.39 is 5.60 Å². The third kappa shape index (κ3) is 9.19. The lowest BCUT2D eigenvalue weighted by molar-refractivity contribution is -0.0180. The largest absolute Gasteiger partial charge is 0.387 e. The lowest BCUT2D eigenvalue weighted by Crippen LogP contribution is -2.48. The first kappa shape index (κ1) is 21.6. The number of β-amino-alcohol motifs (C(OH)–C–C–N with tert-alkyl or cyclic N) is 1. The molecule has 1 heterocycles. The Bertz CT molecular complexity index is 545. The van der Waals surface area contributed by atoms with Gasteiger partial charge in [0.05, 0.1) is 38.6 Å². The van der Waals surface area contributed by atoms with E-state index in [9.17, 15) is 5.11 Å². The van der Waals surface area contributed by atoms with Crippen LogP contribution in [0.25, 0.3) is 0 Å². The normalized spacial score (nSPS) is 18.1. The summed E-state index contributed by atoms with van der Waals surface area (Å²) in [5.74, 6) is 0.697. The predicted octanol–water partition coefficient (Wildman–Crippen LogP) is 0.842. The molecule has 0 radical (unpaired) electrons. The van der Waals surface area contributed by atoms with Gasteiger partial charge in [-0.05, 0) is 19.4 Å². The molecule has 0 aliphatic carbocycles. The van der Waals surface area contributed by atoms with E-state index in [1.54, 1.807) is 0 Å². The summed E-state index contributed by atoms with van der Waals surface area (Å²) < 4.78 is 11.0. The van der Waals surface area contributed by atoms with Crippen LogP contribution in [0.3, 0.4) is 0 Å². The van der Waals surface area contributed by atoms with Gasteiger partial charge in [0, 0.05) is 32.7 Å². The Morgan fingerprint density at radius 2 is 2.00 bits per heavy atom. The van der Waals surface area contributed by atoms with E-state index in [4.69, 9.17) is 9.47 Å². The molecule has 1 atom stereocenters. The minimum absolute atomic E-state index is 0.338. The van der Waals surface area contributed by atoms with Crippen LogP contribution >= 0.6 is 0 Å². The first-order valence-corrected chi connectivity index (χ1v) is 9.75. The second kappa shape index (κ2) is 11.9. The van der Waals surface area contributed by atoms with E-state index in [2.05, 4.69) is 32.7 Å². The molecule has 0 saturated carbocycles. The standard InChI is InChI=1S/C20H34N4O3/c1-3-21-19(22-9-12-27-15-18-7-5-4-6-8-18)23-16-20(2,25)17-24-10-13-26-14-11-24/h4-8,25H,3,9-17H2,1-2H3,(H2,21,22,23). The number of nitrogens with zero attached hydrogens (tertiary/aromatic N) is 2. The van der Waals surface area contributed by atoms with Crippen LogP contribution in [-0.4, -0.2) is 80.7 Å². The average Bonchev–Trinajstić information content (AvgIpc) is 2.67. The van der Waals surface area contributed by atoms with Gasteiger partial charge in [-0.25, -0.2) is 0 Å². The van der Waals surface area contributed by atoms with Gasteiger partial charge in [-0.1, -0.05) is 30.3 Å². The smallest absolute Gasteiger partial charge is 0.191 e. The van der Waals surface area contributed by atoms with Crippen LogP contribution < -0.4 is 10.6 Å². The van der Waals surface area contributed by atoms with Gasteiger partial charge in [0.1, 0.15) is 0 Å². The van der Waals surface area contributed by atoms with Crippen molar-refractivity contribution in [2.24, 2.45) is 4.99 Å². The van der Waals surface area contributed by atoms with Crippen LogP contribution in [0, 0.1) is 0 Å². The third-order valence-corrected chi connectivity index (χ3v) is 4.24. The highest BCUT2D eigenvalue weighted by atomic mass is 16.5. The number of ether oxygens (including phenoxy) is 2. The Hall–Kier alpha value is -1.67. The van der Waals surface area contributed by atoms with Crippen LogP contribution in [-0.2, 0) is 16.1 Å². The van der Waals surface area contributed by atoms with E-state index >= 15 is 0 Å². The number of guanidine groups is 1. The molecular formula is C20H34N4O3. The van der Waals surface area contributed by atoms with Gasteiger partial charge in [0.2, 0.25) is 0 Å². The molecule has 1 unspecified atom stereocenters. The number of hydrogen-bond donors (Lipinski definition) is 3. The minimum atomic E-state index is -0.872. The molecule has 0 bridgehead atoms. The summed E-state index contributed by atoms with van der Waals surface area (Å²) in [7, 11) is 0. The molecular weight excluding hydrogens is 344 g/mol. The maximum absolute atomic E-state index is 10.6. The van der Waals surface area contributed by atoms with E-state index in [-0.39, 0.29) is 0 Å². The molecule has 152 valence electrons. The van der Waals surface area contributed by atoms with Crippen molar-refractivity contribution in [3.05, 3.63) is 35.9 Å². The Morgan fingerprint density at radius 1 is 1.26 bits per heavy atom. The van der Waals surface area contributed by atoms with E-state index in [1.807, 2.05) is 32.0 Å². The molecule has 1 fully saturated rings. The summed E-state index contributed by atoms with van der Waals surface area (Å²) in [4.78, 5) is 6.76. The molecule has 3 N–H and O–H groups in total. The summed E-state index contributed by atoms with van der Waals surface area (Å²) in [6.45, 7) is 10.6. The Morgan fingerprint density at radius 3 is 2.70 bits per heavy atom. The van der Waals surface area contributed by atoms with Gasteiger partial charge in [-0.2, -0.15) is 0 Å². The van der Waals surface area contributed by atoms with E-state index in [0.717, 1.165) is 38.4 Å². The second-order valence-corrected chi connectivity index (χ2v) is 7.05. The van der Waals surface area contributed by atoms with Crippen molar-refractivity contribution in [2.45, 2.75) is 26.1 Å². The average molecular weight is 379 g/mol. The molecule has 7 heteroatoms. The number of aliphatic imine (C=N–C) groups is 1. The predicted molar refractivity (Wildman–Crippen MR) is 108 cm³/mol. The molecule has 0 aromatic heterocycles. The Kier molecular flexibility index (Phi) is 9.55. The fourth-order valence-electron chi connectivity index (χ4n) is 2.89. The van der Waals surface area contributed by atoms with Crippen LogP contribution in [0.2, 0.25) is 0 Å². The molecule has 27 heavy (non-hydrogen) atoms. The first-order valence-electron chi connectivity index (χ1n) is 9.75. The maximum Gasteiger partial charge on any atom is 0.191 e. The lowest BCUT2D eigenvalue weighted by atomic mass is 10.1. The van der Waals surface area contributed by atoms with Crippen molar-refractivity contribution >= 4 is 5.96 Å². The number of nitrogens with one attached hydrogen (secondary N) is 2. The van der Waals surface area contributed by atoms with Crippen LogP contribution in [0.15, 0.2) is 35.3 Å². The zero-order chi connectivity index (χ0) is 19.4. The zero-order valence-electron chi connectivity index (χ0n) is 16.6. The molecule has 1 aliphatic heterocycles. The second-order valence-electron chi connectivity index (χ2n) is 7.05. The maximum atomic E-state index is 10.6. The van der Waals surface area contributed by atoms with Gasteiger partial charge in [-0.3, -0.25) is 9.89 Å². The third-order valence-electron chi connectivity index (χ3n) is 4.24. The van der Waals surface area contributed by atoms with Crippen LogP contribution in [0.1, 0.15) is 19.4 Å². The van der Waals surface area contributed by atoms with Crippen molar-refractivity contribution in [3.63, 3.8) is 0 Å². The highest BCUT2D eigenvalue weighted by molar-refractivity contribution is 5.79.